The molecule has 1 aromatic carbocycles. The first-order valence-corrected chi connectivity index (χ1v) is 5.89. The second kappa shape index (κ2) is 6.03. The van der Waals surface area contributed by atoms with Gasteiger partial charge in [-0.15, -0.1) is 5.10 Å². The zero-order chi connectivity index (χ0) is 15.4. The van der Waals surface area contributed by atoms with Gasteiger partial charge in [0.1, 0.15) is 5.82 Å². The molecule has 2 rings (SSSR count). The first-order chi connectivity index (χ1) is 10.0. The van der Waals surface area contributed by atoms with E-state index < -0.39 is 16.7 Å². The van der Waals surface area contributed by atoms with Crippen molar-refractivity contribution in [3.63, 3.8) is 0 Å². The number of halogens is 1. The maximum atomic E-state index is 13.2. The summed E-state index contributed by atoms with van der Waals surface area (Å²) in [4.78, 5) is 21.9. The van der Waals surface area contributed by atoms with Crippen LogP contribution in [-0.4, -0.2) is 37.7 Å². The lowest BCUT2D eigenvalue weighted by Gasteiger charge is -2.05. The minimum Gasteiger partial charge on any atom is -0.460 e. The van der Waals surface area contributed by atoms with Crippen LogP contribution in [0.1, 0.15) is 23.1 Å². The van der Waals surface area contributed by atoms with Gasteiger partial charge in [-0.25, -0.2) is 13.9 Å². The highest BCUT2D eigenvalue weighted by molar-refractivity contribution is 5.85. The first-order valence-electron chi connectivity index (χ1n) is 5.89. The van der Waals surface area contributed by atoms with E-state index in [0.717, 1.165) is 22.9 Å². The van der Waals surface area contributed by atoms with E-state index in [4.69, 9.17) is 4.74 Å². The predicted molar refractivity (Wildman–Crippen MR) is 65.9 cm³/mol. The van der Waals surface area contributed by atoms with Crippen molar-refractivity contribution < 1.29 is 18.8 Å². The third-order valence-corrected chi connectivity index (χ3v) is 2.55. The largest absolute Gasteiger partial charge is 0.460 e. The SMILES string of the molecule is CCOC(=O)c1nnnn1Cc1cc(F)ccc1[N+](=O)[O-]. The lowest BCUT2D eigenvalue weighted by atomic mass is 10.1. The second-order valence-electron chi connectivity index (χ2n) is 3.91. The topological polar surface area (TPSA) is 113 Å². The molecule has 9 nitrogen and oxygen atoms in total. The number of nitro benzene ring substituents is 1. The Morgan fingerprint density at radius 1 is 1.52 bits per heavy atom. The molecule has 0 amide bonds. The molecule has 0 aliphatic rings. The Morgan fingerprint density at radius 3 is 2.95 bits per heavy atom. The third kappa shape index (κ3) is 3.16. The highest BCUT2D eigenvalue weighted by atomic mass is 19.1. The number of rotatable bonds is 5. The number of esters is 1. The summed E-state index contributed by atoms with van der Waals surface area (Å²) in [6.07, 6.45) is 0. The van der Waals surface area contributed by atoms with Crippen molar-refractivity contribution in [2.45, 2.75) is 13.5 Å². The van der Waals surface area contributed by atoms with Crippen LogP contribution in [0.4, 0.5) is 10.1 Å². The minimum absolute atomic E-state index is 0.0397. The quantitative estimate of drug-likeness (QED) is 0.458. The molecular formula is C11H10FN5O4. The highest BCUT2D eigenvalue weighted by Gasteiger charge is 2.21. The molecule has 0 saturated carbocycles. The van der Waals surface area contributed by atoms with E-state index in [1.165, 1.54) is 0 Å². The number of carbonyl (C=O) groups is 1. The second-order valence-corrected chi connectivity index (χ2v) is 3.91. The van der Waals surface area contributed by atoms with Gasteiger partial charge < -0.3 is 4.74 Å². The fourth-order valence-electron chi connectivity index (χ4n) is 1.67. The third-order valence-electron chi connectivity index (χ3n) is 2.55. The van der Waals surface area contributed by atoms with Gasteiger partial charge >= 0.3 is 5.97 Å². The van der Waals surface area contributed by atoms with E-state index in [-0.39, 0.29) is 30.2 Å². The monoisotopic (exact) mass is 295 g/mol. The molecule has 0 radical (unpaired) electrons. The summed E-state index contributed by atoms with van der Waals surface area (Å²) in [5.41, 5.74) is -0.250. The number of tetrazole rings is 1. The van der Waals surface area contributed by atoms with Crippen LogP contribution >= 0.6 is 0 Å². The van der Waals surface area contributed by atoms with Crippen LogP contribution in [-0.2, 0) is 11.3 Å². The minimum atomic E-state index is -0.762. The maximum absolute atomic E-state index is 13.2. The zero-order valence-electron chi connectivity index (χ0n) is 10.9. The normalized spacial score (nSPS) is 10.4. The highest BCUT2D eigenvalue weighted by Crippen LogP contribution is 2.20. The molecule has 0 saturated heterocycles. The molecule has 21 heavy (non-hydrogen) atoms. The van der Waals surface area contributed by atoms with E-state index in [1.54, 1.807) is 6.92 Å². The molecule has 0 aliphatic heterocycles. The van der Waals surface area contributed by atoms with Gasteiger partial charge in [0.2, 0.25) is 0 Å². The molecule has 0 spiro atoms. The molecule has 0 fully saturated rings. The number of aromatic nitrogens is 4. The van der Waals surface area contributed by atoms with Crippen molar-refractivity contribution in [2.24, 2.45) is 0 Å². The van der Waals surface area contributed by atoms with E-state index in [9.17, 15) is 19.3 Å². The van der Waals surface area contributed by atoms with Gasteiger partial charge in [-0.2, -0.15) is 0 Å². The van der Waals surface area contributed by atoms with Crippen molar-refractivity contribution in [3.8, 4) is 0 Å². The van der Waals surface area contributed by atoms with Crippen LogP contribution in [0.15, 0.2) is 18.2 Å². The van der Waals surface area contributed by atoms with Gasteiger partial charge in [0.05, 0.1) is 23.6 Å². The van der Waals surface area contributed by atoms with Crippen molar-refractivity contribution in [1.29, 1.82) is 0 Å². The molecule has 0 unspecified atom stereocenters. The average Bonchev–Trinajstić information content (AvgIpc) is 2.87. The summed E-state index contributed by atoms with van der Waals surface area (Å²) >= 11 is 0. The van der Waals surface area contributed by atoms with Crippen molar-refractivity contribution in [3.05, 3.63) is 45.5 Å². The number of hydrogen-bond acceptors (Lipinski definition) is 7. The molecule has 110 valence electrons. The van der Waals surface area contributed by atoms with Gasteiger partial charge in [-0.1, -0.05) is 0 Å². The van der Waals surface area contributed by atoms with Gasteiger partial charge in [-0.05, 0) is 29.5 Å². The van der Waals surface area contributed by atoms with Crippen LogP contribution < -0.4 is 0 Å². The summed E-state index contributed by atoms with van der Waals surface area (Å²) in [5, 5.41) is 21.3. The number of ether oxygens (including phenoxy) is 1. The van der Waals surface area contributed by atoms with Gasteiger partial charge in [0.25, 0.3) is 11.5 Å². The molecule has 0 aliphatic carbocycles. The Morgan fingerprint density at radius 2 is 2.29 bits per heavy atom. The fourth-order valence-corrected chi connectivity index (χ4v) is 1.67. The van der Waals surface area contributed by atoms with Crippen LogP contribution in [0.2, 0.25) is 0 Å². The van der Waals surface area contributed by atoms with E-state index in [2.05, 4.69) is 15.5 Å². The van der Waals surface area contributed by atoms with Crippen LogP contribution in [0.3, 0.4) is 0 Å². The Labute approximate surface area is 117 Å². The Kier molecular flexibility index (Phi) is 4.16. The fraction of sp³-hybridized carbons (Fsp3) is 0.273. The smallest absolute Gasteiger partial charge is 0.378 e. The standard InChI is InChI=1S/C11H10FN5O4/c1-2-21-11(18)10-13-14-15-16(10)6-7-5-8(12)3-4-9(7)17(19)20/h3-5H,2,6H2,1H3. The van der Waals surface area contributed by atoms with Crippen molar-refractivity contribution in [2.75, 3.05) is 6.61 Å². The lowest BCUT2D eigenvalue weighted by Crippen LogP contribution is -2.16. The summed E-state index contributed by atoms with van der Waals surface area (Å²) in [7, 11) is 0. The Hall–Kier alpha value is -2.91. The van der Waals surface area contributed by atoms with Gasteiger partial charge in [0, 0.05) is 6.07 Å². The van der Waals surface area contributed by atoms with Gasteiger partial charge in [0.15, 0.2) is 0 Å². The molecule has 1 heterocycles. The molecule has 0 N–H and O–H groups in total. The molecule has 2 aromatic rings. The number of nitro groups is 1. The summed E-state index contributed by atoms with van der Waals surface area (Å²) in [5.74, 6) is -1.61. The van der Waals surface area contributed by atoms with Gasteiger partial charge in [-0.3, -0.25) is 10.1 Å². The Bertz CT molecular complexity index is 687. The molecular weight excluding hydrogens is 285 g/mol. The average molecular weight is 295 g/mol. The molecule has 10 heteroatoms. The lowest BCUT2D eigenvalue weighted by molar-refractivity contribution is -0.385. The van der Waals surface area contributed by atoms with Crippen LogP contribution in [0.25, 0.3) is 0 Å². The van der Waals surface area contributed by atoms with E-state index >= 15 is 0 Å². The van der Waals surface area contributed by atoms with E-state index in [1.807, 2.05) is 0 Å². The summed E-state index contributed by atoms with van der Waals surface area (Å²) in [6, 6.07) is 3.02. The van der Waals surface area contributed by atoms with Crippen molar-refractivity contribution in [1.82, 2.24) is 20.2 Å². The molecule has 0 bridgehead atoms. The summed E-state index contributed by atoms with van der Waals surface area (Å²) < 4.78 is 19.0. The predicted octanol–water partition coefficient (Wildman–Crippen LogP) is 0.945. The molecule has 1 aromatic heterocycles. The van der Waals surface area contributed by atoms with E-state index in [0.29, 0.717) is 0 Å². The number of benzene rings is 1. The zero-order valence-corrected chi connectivity index (χ0v) is 10.9. The van der Waals surface area contributed by atoms with Crippen molar-refractivity contribution >= 4 is 11.7 Å². The van der Waals surface area contributed by atoms with Crippen LogP contribution in [0.5, 0.6) is 0 Å². The maximum Gasteiger partial charge on any atom is 0.378 e. The number of hydrogen-bond donors (Lipinski definition) is 0. The summed E-state index contributed by atoms with van der Waals surface area (Å²) in [6.45, 7) is 1.52. The first kappa shape index (κ1) is 14.5. The van der Waals surface area contributed by atoms with Crippen LogP contribution in [0, 0.1) is 15.9 Å². The molecule has 0 atom stereocenters. The number of carbonyl (C=O) groups excluding carboxylic acids is 1. The Balaban J connectivity index is 2.35. The number of nitrogens with zero attached hydrogens (tertiary/aromatic N) is 5.